The monoisotopic (exact) mass is 207 g/mol. The third-order valence-corrected chi connectivity index (χ3v) is 2.47. The van der Waals surface area contributed by atoms with Crippen LogP contribution < -0.4 is 5.32 Å². The predicted molar refractivity (Wildman–Crippen MR) is 61.3 cm³/mol. The van der Waals surface area contributed by atoms with E-state index in [1.807, 2.05) is 31.2 Å². The topological polar surface area (TPSA) is 12.0 Å². The SMILES string of the molecule is C#CC(C)NC(C)c1ccccc1Cl. The maximum absolute atomic E-state index is 6.05. The lowest BCUT2D eigenvalue weighted by molar-refractivity contribution is 0.546. The van der Waals surface area contributed by atoms with Crippen molar-refractivity contribution in [3.05, 3.63) is 34.9 Å². The second kappa shape index (κ2) is 5.05. The molecule has 2 unspecified atom stereocenters. The zero-order valence-corrected chi connectivity index (χ0v) is 9.18. The van der Waals surface area contributed by atoms with E-state index in [4.69, 9.17) is 18.0 Å². The van der Waals surface area contributed by atoms with Gasteiger partial charge in [-0.05, 0) is 25.5 Å². The van der Waals surface area contributed by atoms with Gasteiger partial charge in [0.2, 0.25) is 0 Å². The van der Waals surface area contributed by atoms with Gasteiger partial charge in [-0.1, -0.05) is 35.7 Å². The average Bonchev–Trinajstić information content (AvgIpc) is 2.18. The molecule has 1 N–H and O–H groups in total. The van der Waals surface area contributed by atoms with Crippen LogP contribution in [0.3, 0.4) is 0 Å². The standard InChI is InChI=1S/C12H14ClN/c1-4-9(2)14-10(3)11-7-5-6-8-12(11)13/h1,5-10,14H,2-3H3. The summed E-state index contributed by atoms with van der Waals surface area (Å²) in [5.74, 6) is 2.63. The number of hydrogen-bond donors (Lipinski definition) is 1. The Balaban J connectivity index is 2.75. The molecule has 0 aliphatic carbocycles. The van der Waals surface area contributed by atoms with E-state index in [9.17, 15) is 0 Å². The molecule has 2 atom stereocenters. The van der Waals surface area contributed by atoms with E-state index >= 15 is 0 Å². The van der Waals surface area contributed by atoms with Gasteiger partial charge in [0, 0.05) is 11.1 Å². The molecule has 1 rings (SSSR count). The van der Waals surface area contributed by atoms with E-state index in [1.54, 1.807) is 0 Å². The van der Waals surface area contributed by atoms with Crippen molar-refractivity contribution in [3.8, 4) is 12.3 Å². The van der Waals surface area contributed by atoms with Gasteiger partial charge in [-0.25, -0.2) is 0 Å². The van der Waals surface area contributed by atoms with Crippen molar-refractivity contribution in [2.24, 2.45) is 0 Å². The summed E-state index contributed by atoms with van der Waals surface area (Å²) < 4.78 is 0. The average molecular weight is 208 g/mol. The van der Waals surface area contributed by atoms with Crippen LogP contribution in [0.15, 0.2) is 24.3 Å². The van der Waals surface area contributed by atoms with Gasteiger partial charge >= 0.3 is 0 Å². The lowest BCUT2D eigenvalue weighted by atomic mass is 10.1. The van der Waals surface area contributed by atoms with Crippen LogP contribution >= 0.6 is 11.6 Å². The number of nitrogens with one attached hydrogen (secondary N) is 1. The summed E-state index contributed by atoms with van der Waals surface area (Å²) in [6, 6.07) is 8.01. The van der Waals surface area contributed by atoms with E-state index in [2.05, 4.69) is 18.2 Å². The predicted octanol–water partition coefficient (Wildman–Crippen LogP) is 3.01. The van der Waals surface area contributed by atoms with Crippen LogP contribution in [0.1, 0.15) is 25.5 Å². The fourth-order valence-electron chi connectivity index (χ4n) is 1.34. The summed E-state index contributed by atoms with van der Waals surface area (Å²) in [6.45, 7) is 4.00. The molecule has 0 aliphatic rings. The molecular formula is C12H14ClN. The highest BCUT2D eigenvalue weighted by Crippen LogP contribution is 2.22. The van der Waals surface area contributed by atoms with Crippen molar-refractivity contribution >= 4 is 11.6 Å². The highest BCUT2D eigenvalue weighted by atomic mass is 35.5. The van der Waals surface area contributed by atoms with E-state index in [0.29, 0.717) is 0 Å². The minimum atomic E-state index is 0.0567. The Morgan fingerprint density at radius 3 is 2.57 bits per heavy atom. The molecule has 1 aromatic carbocycles. The third-order valence-electron chi connectivity index (χ3n) is 2.12. The number of rotatable bonds is 3. The summed E-state index contributed by atoms with van der Waals surface area (Å²) >= 11 is 6.05. The van der Waals surface area contributed by atoms with Gasteiger partial charge in [-0.15, -0.1) is 6.42 Å². The van der Waals surface area contributed by atoms with Gasteiger partial charge in [0.05, 0.1) is 6.04 Å². The van der Waals surface area contributed by atoms with Crippen LogP contribution in [0.4, 0.5) is 0 Å². The maximum Gasteiger partial charge on any atom is 0.0662 e. The summed E-state index contributed by atoms with van der Waals surface area (Å²) in [4.78, 5) is 0. The second-order valence-corrected chi connectivity index (χ2v) is 3.71. The first-order chi connectivity index (χ1) is 6.65. The molecule has 14 heavy (non-hydrogen) atoms. The number of hydrogen-bond acceptors (Lipinski definition) is 1. The molecule has 0 saturated heterocycles. The molecule has 0 amide bonds. The van der Waals surface area contributed by atoms with Crippen molar-refractivity contribution in [1.82, 2.24) is 5.32 Å². The highest BCUT2D eigenvalue weighted by molar-refractivity contribution is 6.31. The Bertz CT molecular complexity index is 340. The molecule has 0 fully saturated rings. The second-order valence-electron chi connectivity index (χ2n) is 3.30. The smallest absolute Gasteiger partial charge is 0.0662 e. The van der Waals surface area contributed by atoms with Gasteiger partial charge in [-0.2, -0.15) is 0 Å². The first-order valence-corrected chi connectivity index (χ1v) is 4.99. The fraction of sp³-hybridized carbons (Fsp3) is 0.333. The minimum Gasteiger partial charge on any atom is -0.297 e. The summed E-state index contributed by atoms with van der Waals surface area (Å²) in [5, 5.41) is 4.04. The minimum absolute atomic E-state index is 0.0567. The Labute approximate surface area is 90.5 Å². The highest BCUT2D eigenvalue weighted by Gasteiger charge is 2.09. The van der Waals surface area contributed by atoms with Crippen molar-refractivity contribution in [3.63, 3.8) is 0 Å². The van der Waals surface area contributed by atoms with Crippen LogP contribution in [0.5, 0.6) is 0 Å². The molecule has 0 radical (unpaired) electrons. The summed E-state index contributed by atoms with van der Waals surface area (Å²) in [7, 11) is 0. The van der Waals surface area contributed by atoms with E-state index in [1.165, 1.54) is 0 Å². The molecule has 0 heterocycles. The largest absolute Gasteiger partial charge is 0.297 e. The van der Waals surface area contributed by atoms with Crippen LogP contribution in [-0.2, 0) is 0 Å². The van der Waals surface area contributed by atoms with E-state index in [-0.39, 0.29) is 12.1 Å². The van der Waals surface area contributed by atoms with Crippen molar-refractivity contribution in [1.29, 1.82) is 0 Å². The van der Waals surface area contributed by atoms with E-state index < -0.39 is 0 Å². The number of terminal acetylenes is 1. The molecule has 1 aromatic rings. The summed E-state index contributed by atoms with van der Waals surface area (Å²) in [6.07, 6.45) is 5.29. The van der Waals surface area contributed by atoms with Crippen molar-refractivity contribution in [2.45, 2.75) is 25.9 Å². The summed E-state index contributed by atoms with van der Waals surface area (Å²) in [5.41, 5.74) is 1.08. The van der Waals surface area contributed by atoms with Crippen LogP contribution in [0, 0.1) is 12.3 Å². The van der Waals surface area contributed by atoms with Crippen molar-refractivity contribution < 1.29 is 0 Å². The normalized spacial score (nSPS) is 14.4. The fourth-order valence-corrected chi connectivity index (χ4v) is 1.64. The molecule has 0 bridgehead atoms. The molecule has 2 heteroatoms. The quantitative estimate of drug-likeness (QED) is 0.752. The molecule has 74 valence electrons. The Hall–Kier alpha value is -0.970. The molecule has 0 spiro atoms. The molecule has 0 aromatic heterocycles. The lowest BCUT2D eigenvalue weighted by Gasteiger charge is -2.17. The van der Waals surface area contributed by atoms with Crippen LogP contribution in [0.25, 0.3) is 0 Å². The molecule has 0 saturated carbocycles. The zero-order valence-electron chi connectivity index (χ0n) is 8.42. The molecule has 0 aliphatic heterocycles. The zero-order chi connectivity index (χ0) is 10.6. The maximum atomic E-state index is 6.05. The van der Waals surface area contributed by atoms with Crippen LogP contribution in [-0.4, -0.2) is 6.04 Å². The Morgan fingerprint density at radius 2 is 2.00 bits per heavy atom. The number of halogens is 1. The van der Waals surface area contributed by atoms with Gasteiger partial charge in [0.25, 0.3) is 0 Å². The van der Waals surface area contributed by atoms with Gasteiger partial charge in [0.1, 0.15) is 0 Å². The first kappa shape index (κ1) is 11.1. The van der Waals surface area contributed by atoms with Crippen molar-refractivity contribution in [2.75, 3.05) is 0 Å². The third kappa shape index (κ3) is 2.77. The lowest BCUT2D eigenvalue weighted by Crippen LogP contribution is -2.27. The molecule has 1 nitrogen and oxygen atoms in total. The van der Waals surface area contributed by atoms with Gasteiger partial charge < -0.3 is 0 Å². The Morgan fingerprint density at radius 1 is 1.36 bits per heavy atom. The Kier molecular flexibility index (Phi) is 4.00. The van der Waals surface area contributed by atoms with Gasteiger partial charge in [0.15, 0.2) is 0 Å². The van der Waals surface area contributed by atoms with Crippen LogP contribution in [0.2, 0.25) is 5.02 Å². The first-order valence-electron chi connectivity index (χ1n) is 4.61. The number of benzene rings is 1. The van der Waals surface area contributed by atoms with Gasteiger partial charge in [-0.3, -0.25) is 5.32 Å². The van der Waals surface area contributed by atoms with E-state index in [0.717, 1.165) is 10.6 Å². The molecular weight excluding hydrogens is 194 g/mol.